The van der Waals surface area contributed by atoms with E-state index in [2.05, 4.69) is 258 Å². The van der Waals surface area contributed by atoms with Gasteiger partial charge in [0.15, 0.2) is 0 Å². The molecule has 0 bridgehead atoms. The fourth-order valence-electron chi connectivity index (χ4n) is 10.3. The molecule has 5 nitrogen and oxygen atoms in total. The van der Waals surface area contributed by atoms with Gasteiger partial charge in [0.1, 0.15) is 24.3 Å². The van der Waals surface area contributed by atoms with Crippen LogP contribution in [0, 0.1) is 0 Å². The summed E-state index contributed by atoms with van der Waals surface area (Å²) in [5, 5.41) is 16.5. The van der Waals surface area contributed by atoms with E-state index in [0.717, 1.165) is 40.2 Å². The molecule has 0 saturated heterocycles. The van der Waals surface area contributed by atoms with Crippen LogP contribution in [-0.2, 0) is 0 Å². The van der Waals surface area contributed by atoms with E-state index in [0.29, 0.717) is 0 Å². The number of nitrogens with one attached hydrogen (secondary N) is 3. The van der Waals surface area contributed by atoms with Gasteiger partial charge in [0.05, 0.1) is 11.4 Å². The topological polar surface area (TPSA) is 51.7 Å². The lowest BCUT2D eigenvalue weighted by Gasteiger charge is -2.33. The predicted molar refractivity (Wildman–Crippen MR) is 281 cm³/mol. The molecule has 3 unspecified atom stereocenters. The first-order valence-corrected chi connectivity index (χ1v) is 23.4. The highest BCUT2D eigenvalue weighted by molar-refractivity contribution is 6.18. The molecule has 2 aliphatic rings. The minimum absolute atomic E-state index is 0.148. The molecule has 0 saturated carbocycles. The van der Waals surface area contributed by atoms with Crippen molar-refractivity contribution < 1.29 is 0 Å². The van der Waals surface area contributed by atoms with Crippen LogP contribution in [-0.4, -0.2) is 12.0 Å². The molecule has 0 spiro atoms. The average Bonchev–Trinajstić information content (AvgIpc) is 3.79. The third kappa shape index (κ3) is 7.50. The fraction of sp³-hybridized carbons (Fsp3) is 0.0806. The molecular weight excluding hydrogens is 815 g/mol. The summed E-state index contributed by atoms with van der Waals surface area (Å²) in [6.07, 6.45) is 0.625. The Bertz CT molecular complexity index is 3450. The maximum Gasteiger partial charge on any atom is 0.132 e. The molecule has 2 aliphatic heterocycles. The number of fused-ring (bicyclic) bond motifs is 4. The molecule has 5 heteroatoms. The normalized spacial score (nSPS) is 16.6. The molecule has 3 atom stereocenters. The summed E-state index contributed by atoms with van der Waals surface area (Å²) in [7, 11) is 0. The SMILES string of the molecule is CCC1Nc2cc(-c3ccccc3-c3ccccc3)ccc2N1c1ccc(-c2cccc(-c3ccccc3C3NC(c4cc5ccccc5c5ccccc45)=NC(c4ccccc4)N3)c2)cc1. The zero-order valence-electron chi connectivity index (χ0n) is 37.3. The van der Waals surface area contributed by atoms with Crippen LogP contribution in [0.2, 0.25) is 0 Å². The third-order valence-electron chi connectivity index (χ3n) is 13.5. The van der Waals surface area contributed by atoms with Crippen LogP contribution in [0.4, 0.5) is 17.1 Å². The van der Waals surface area contributed by atoms with Gasteiger partial charge in [-0.15, -0.1) is 0 Å². The summed E-state index contributed by atoms with van der Waals surface area (Å²) in [5.74, 6) is 0.873. The van der Waals surface area contributed by atoms with Crippen molar-refractivity contribution in [1.82, 2.24) is 10.6 Å². The van der Waals surface area contributed by atoms with Gasteiger partial charge in [-0.2, -0.15) is 0 Å². The first-order chi connectivity index (χ1) is 33.2. The summed E-state index contributed by atoms with van der Waals surface area (Å²) in [5.41, 5.74) is 16.5. The van der Waals surface area contributed by atoms with Gasteiger partial charge < -0.3 is 15.5 Å². The number of benzene rings is 10. The molecule has 0 radical (unpaired) electrons. The maximum absolute atomic E-state index is 5.39. The number of anilines is 3. The van der Waals surface area contributed by atoms with Crippen LogP contribution >= 0.6 is 0 Å². The van der Waals surface area contributed by atoms with Crippen LogP contribution in [0.25, 0.3) is 66.1 Å². The zero-order chi connectivity index (χ0) is 44.7. The van der Waals surface area contributed by atoms with Crippen molar-refractivity contribution in [2.45, 2.75) is 31.8 Å². The van der Waals surface area contributed by atoms with E-state index in [9.17, 15) is 0 Å². The first-order valence-electron chi connectivity index (χ1n) is 23.4. The van der Waals surface area contributed by atoms with Gasteiger partial charge in [-0.3, -0.25) is 5.32 Å². The average molecular weight is 864 g/mol. The predicted octanol–water partition coefficient (Wildman–Crippen LogP) is 15.3. The van der Waals surface area contributed by atoms with Crippen molar-refractivity contribution in [2.75, 3.05) is 10.2 Å². The van der Waals surface area contributed by atoms with Gasteiger partial charge in [0.25, 0.3) is 0 Å². The van der Waals surface area contributed by atoms with Gasteiger partial charge >= 0.3 is 0 Å². The second-order valence-electron chi connectivity index (χ2n) is 17.5. The molecule has 0 amide bonds. The van der Waals surface area contributed by atoms with Gasteiger partial charge in [-0.05, 0) is 120 Å². The van der Waals surface area contributed by atoms with Crippen LogP contribution < -0.4 is 20.9 Å². The van der Waals surface area contributed by atoms with Gasteiger partial charge in [0, 0.05) is 11.3 Å². The summed E-state index contributed by atoms with van der Waals surface area (Å²) in [6.45, 7) is 2.25. The Hall–Kier alpha value is -8.25. The van der Waals surface area contributed by atoms with Crippen LogP contribution in [0.1, 0.15) is 42.4 Å². The maximum atomic E-state index is 5.39. The number of rotatable bonds is 9. The number of nitrogens with zero attached hydrogens (tertiary/aromatic N) is 2. The van der Waals surface area contributed by atoms with Crippen molar-refractivity contribution >= 4 is 44.4 Å². The lowest BCUT2D eigenvalue weighted by atomic mass is 9.93. The van der Waals surface area contributed by atoms with E-state index in [4.69, 9.17) is 4.99 Å². The molecule has 0 aliphatic carbocycles. The Morgan fingerprint density at radius 2 is 1.06 bits per heavy atom. The first kappa shape index (κ1) is 40.3. The molecule has 12 rings (SSSR count). The van der Waals surface area contributed by atoms with Gasteiger partial charge in [-0.25, -0.2) is 4.99 Å². The minimum Gasteiger partial charge on any atom is -0.363 e. The molecule has 322 valence electrons. The highest BCUT2D eigenvalue weighted by atomic mass is 15.3. The smallest absolute Gasteiger partial charge is 0.132 e. The molecule has 10 aromatic rings. The van der Waals surface area contributed by atoms with E-state index in [1.807, 2.05) is 0 Å². The van der Waals surface area contributed by atoms with Gasteiger partial charge in [0.2, 0.25) is 0 Å². The highest BCUT2D eigenvalue weighted by Gasteiger charge is 2.30. The Morgan fingerprint density at radius 1 is 0.448 bits per heavy atom. The number of amidine groups is 1. The van der Waals surface area contributed by atoms with E-state index in [1.165, 1.54) is 71.9 Å². The van der Waals surface area contributed by atoms with Crippen LogP contribution in [0.3, 0.4) is 0 Å². The fourth-order valence-corrected chi connectivity index (χ4v) is 10.3. The standard InChI is InChI=1S/C62H49N5/c1-2-59-63-57-40-47(50-26-12-11-25-49(50)42-18-5-3-6-19-42)34-37-58(57)67(59)48-35-32-41(33-36-48)44-23-17-24-45(38-44)52-28-13-16-31-55(52)61-64-60(43-20-7-4-8-21-43)65-62(66-61)56-39-46-22-9-10-27-51(46)53-29-14-15-30-54(53)56/h3-40,59-61,63-64H,2H2,1H3,(H,65,66). The Morgan fingerprint density at radius 3 is 1.85 bits per heavy atom. The third-order valence-corrected chi connectivity index (χ3v) is 13.5. The number of hydrogen-bond donors (Lipinski definition) is 3. The van der Waals surface area contributed by atoms with E-state index >= 15 is 0 Å². The van der Waals surface area contributed by atoms with E-state index in [1.54, 1.807) is 0 Å². The molecule has 2 heterocycles. The van der Waals surface area contributed by atoms with E-state index in [-0.39, 0.29) is 18.5 Å². The second-order valence-corrected chi connectivity index (χ2v) is 17.5. The van der Waals surface area contributed by atoms with Crippen molar-refractivity contribution in [3.8, 4) is 44.5 Å². The minimum atomic E-state index is -0.255. The molecular formula is C62H49N5. The molecule has 67 heavy (non-hydrogen) atoms. The molecule has 0 fully saturated rings. The lowest BCUT2D eigenvalue weighted by molar-refractivity contribution is 0.410. The van der Waals surface area contributed by atoms with Crippen molar-refractivity contribution in [1.29, 1.82) is 0 Å². The zero-order valence-corrected chi connectivity index (χ0v) is 37.3. The van der Waals surface area contributed by atoms with Crippen molar-refractivity contribution in [2.24, 2.45) is 4.99 Å². The largest absolute Gasteiger partial charge is 0.363 e. The Labute approximate surface area is 392 Å². The number of hydrogen-bond acceptors (Lipinski definition) is 5. The highest BCUT2D eigenvalue weighted by Crippen LogP contribution is 2.45. The van der Waals surface area contributed by atoms with Crippen LogP contribution in [0.15, 0.2) is 236 Å². The Kier molecular flexibility index (Phi) is 10.4. The quantitative estimate of drug-likeness (QED) is 0.127. The van der Waals surface area contributed by atoms with Crippen molar-refractivity contribution in [3.05, 3.63) is 247 Å². The summed E-state index contributed by atoms with van der Waals surface area (Å²) >= 11 is 0. The van der Waals surface area contributed by atoms with Crippen molar-refractivity contribution in [3.63, 3.8) is 0 Å². The van der Waals surface area contributed by atoms with Gasteiger partial charge in [-0.1, -0.05) is 201 Å². The molecule has 10 aromatic carbocycles. The summed E-state index contributed by atoms with van der Waals surface area (Å²) in [4.78, 5) is 7.83. The summed E-state index contributed by atoms with van der Waals surface area (Å²) < 4.78 is 0. The van der Waals surface area contributed by atoms with Crippen LogP contribution in [0.5, 0.6) is 0 Å². The molecule has 3 N–H and O–H groups in total. The van der Waals surface area contributed by atoms with E-state index < -0.39 is 0 Å². The monoisotopic (exact) mass is 863 g/mol. The second kappa shape index (κ2) is 17.3. The lowest BCUT2D eigenvalue weighted by Crippen LogP contribution is -2.45. The molecule has 0 aromatic heterocycles. The Balaban J connectivity index is 0.855. The number of aliphatic imine (C=N–C) groups is 1. The summed E-state index contributed by atoms with van der Waals surface area (Å²) in [6, 6.07) is 83.2.